The van der Waals surface area contributed by atoms with E-state index in [0.29, 0.717) is 11.5 Å². The summed E-state index contributed by atoms with van der Waals surface area (Å²) in [5.41, 5.74) is 5.10. The highest BCUT2D eigenvalue weighted by atomic mass is 16.5. The van der Waals surface area contributed by atoms with Gasteiger partial charge in [-0.2, -0.15) is 0 Å². The molecule has 0 atom stereocenters. The number of carboxylic acid groups (broad SMARTS) is 1. The van der Waals surface area contributed by atoms with Crippen LogP contribution in [0.3, 0.4) is 0 Å². The molecule has 148 valence electrons. The number of aryl methyl sites for hydroxylation is 2. The van der Waals surface area contributed by atoms with Crippen molar-refractivity contribution in [2.24, 2.45) is 4.99 Å². The van der Waals surface area contributed by atoms with Gasteiger partial charge in [0.2, 0.25) is 0 Å². The second kappa shape index (κ2) is 9.06. The number of hydrogen-bond acceptors (Lipinski definition) is 4. The van der Waals surface area contributed by atoms with E-state index in [1.54, 1.807) is 31.5 Å². The van der Waals surface area contributed by atoms with Gasteiger partial charge in [0, 0.05) is 6.21 Å². The standard InChI is InChI=1S/C24H23NO4/c1-16-7-8-17(2)21(11-16)25-14-18-9-10-22(23(13-18)28-3)29-15-19-5-4-6-20(12-19)24(26)27/h4-14H,15H2,1-3H3,(H,26,27). The molecule has 0 radical (unpaired) electrons. The van der Waals surface area contributed by atoms with Crippen LogP contribution >= 0.6 is 0 Å². The predicted octanol–water partition coefficient (Wildman–Crippen LogP) is 5.34. The summed E-state index contributed by atoms with van der Waals surface area (Å²) in [6, 6.07) is 18.4. The van der Waals surface area contributed by atoms with Gasteiger partial charge in [0.25, 0.3) is 0 Å². The van der Waals surface area contributed by atoms with E-state index in [9.17, 15) is 4.79 Å². The number of aromatic carboxylic acids is 1. The monoisotopic (exact) mass is 389 g/mol. The molecule has 3 aromatic rings. The van der Waals surface area contributed by atoms with Crippen molar-refractivity contribution in [3.63, 3.8) is 0 Å². The average Bonchev–Trinajstić information content (AvgIpc) is 2.73. The molecule has 0 spiro atoms. The molecule has 5 heteroatoms. The van der Waals surface area contributed by atoms with Crippen molar-refractivity contribution in [3.8, 4) is 11.5 Å². The van der Waals surface area contributed by atoms with Gasteiger partial charge >= 0.3 is 5.97 Å². The number of benzene rings is 3. The third kappa shape index (κ3) is 5.23. The van der Waals surface area contributed by atoms with Crippen molar-refractivity contribution in [1.82, 2.24) is 0 Å². The van der Waals surface area contributed by atoms with Crippen LogP contribution in [0.25, 0.3) is 0 Å². The van der Waals surface area contributed by atoms with Gasteiger partial charge in [-0.25, -0.2) is 4.79 Å². The minimum absolute atomic E-state index is 0.232. The van der Waals surface area contributed by atoms with Crippen LogP contribution in [0.5, 0.6) is 11.5 Å². The highest BCUT2D eigenvalue weighted by Gasteiger charge is 2.08. The van der Waals surface area contributed by atoms with Crippen molar-refractivity contribution in [1.29, 1.82) is 0 Å². The summed E-state index contributed by atoms with van der Waals surface area (Å²) in [6.07, 6.45) is 1.80. The van der Waals surface area contributed by atoms with E-state index in [1.165, 1.54) is 0 Å². The highest BCUT2D eigenvalue weighted by molar-refractivity contribution is 5.87. The van der Waals surface area contributed by atoms with Crippen molar-refractivity contribution in [2.45, 2.75) is 20.5 Å². The Labute approximate surface area is 170 Å². The molecular formula is C24H23NO4. The minimum atomic E-state index is -0.961. The summed E-state index contributed by atoms with van der Waals surface area (Å²) in [6.45, 7) is 4.32. The van der Waals surface area contributed by atoms with Crippen LogP contribution in [0, 0.1) is 13.8 Å². The Morgan fingerprint density at radius 1 is 1.03 bits per heavy atom. The molecule has 0 bridgehead atoms. The number of methoxy groups -OCH3 is 1. The maximum absolute atomic E-state index is 11.1. The molecule has 0 fully saturated rings. The van der Waals surface area contributed by atoms with Crippen LogP contribution in [-0.2, 0) is 6.61 Å². The fourth-order valence-electron chi connectivity index (χ4n) is 2.84. The zero-order valence-electron chi connectivity index (χ0n) is 16.7. The van der Waals surface area contributed by atoms with E-state index < -0.39 is 5.97 Å². The quantitative estimate of drug-likeness (QED) is 0.554. The number of carboxylic acids is 1. The average molecular weight is 389 g/mol. The largest absolute Gasteiger partial charge is 0.493 e. The minimum Gasteiger partial charge on any atom is -0.493 e. The van der Waals surface area contributed by atoms with Crippen LogP contribution in [0.2, 0.25) is 0 Å². The van der Waals surface area contributed by atoms with E-state index in [2.05, 4.69) is 17.1 Å². The number of aliphatic imine (C=N–C) groups is 1. The fraction of sp³-hybridized carbons (Fsp3) is 0.167. The van der Waals surface area contributed by atoms with Crippen molar-refractivity contribution in [2.75, 3.05) is 7.11 Å². The first kappa shape index (κ1) is 20.1. The molecule has 3 aromatic carbocycles. The van der Waals surface area contributed by atoms with Crippen molar-refractivity contribution >= 4 is 17.9 Å². The first-order valence-corrected chi connectivity index (χ1v) is 9.20. The molecular weight excluding hydrogens is 366 g/mol. The number of rotatable bonds is 7. The van der Waals surface area contributed by atoms with E-state index in [4.69, 9.17) is 14.6 Å². The second-order valence-electron chi connectivity index (χ2n) is 6.75. The normalized spacial score (nSPS) is 10.9. The Balaban J connectivity index is 1.75. The van der Waals surface area contributed by atoms with Gasteiger partial charge in [-0.15, -0.1) is 0 Å². The highest BCUT2D eigenvalue weighted by Crippen LogP contribution is 2.29. The van der Waals surface area contributed by atoms with Crippen LogP contribution < -0.4 is 9.47 Å². The van der Waals surface area contributed by atoms with E-state index in [1.807, 2.05) is 44.2 Å². The number of carbonyl (C=O) groups is 1. The Morgan fingerprint density at radius 2 is 1.86 bits per heavy atom. The lowest BCUT2D eigenvalue weighted by Gasteiger charge is -2.11. The second-order valence-corrected chi connectivity index (χ2v) is 6.75. The SMILES string of the molecule is COc1cc(C=Nc2cc(C)ccc2C)ccc1OCc1cccc(C(=O)O)c1. The molecule has 0 saturated carbocycles. The van der Waals surface area contributed by atoms with E-state index >= 15 is 0 Å². The Bertz CT molecular complexity index is 1060. The van der Waals surface area contributed by atoms with Gasteiger partial charge in [-0.05, 0) is 72.5 Å². The summed E-state index contributed by atoms with van der Waals surface area (Å²) in [4.78, 5) is 15.7. The van der Waals surface area contributed by atoms with Crippen LogP contribution in [0.1, 0.15) is 32.6 Å². The van der Waals surface area contributed by atoms with E-state index in [0.717, 1.165) is 27.9 Å². The zero-order valence-corrected chi connectivity index (χ0v) is 16.7. The molecule has 0 amide bonds. The van der Waals surface area contributed by atoms with Crippen molar-refractivity contribution < 1.29 is 19.4 Å². The Hall–Kier alpha value is -3.60. The molecule has 0 aliphatic carbocycles. The third-order valence-electron chi connectivity index (χ3n) is 4.47. The Kier molecular flexibility index (Phi) is 6.29. The molecule has 29 heavy (non-hydrogen) atoms. The van der Waals surface area contributed by atoms with E-state index in [-0.39, 0.29) is 12.2 Å². The number of hydrogen-bond donors (Lipinski definition) is 1. The van der Waals surface area contributed by atoms with Gasteiger partial charge < -0.3 is 14.6 Å². The predicted molar refractivity (Wildman–Crippen MR) is 114 cm³/mol. The number of ether oxygens (including phenoxy) is 2. The van der Waals surface area contributed by atoms with Gasteiger partial charge in [0.1, 0.15) is 6.61 Å². The first-order chi connectivity index (χ1) is 14.0. The summed E-state index contributed by atoms with van der Waals surface area (Å²) in [7, 11) is 1.58. The summed E-state index contributed by atoms with van der Waals surface area (Å²) in [5, 5.41) is 9.10. The molecule has 0 heterocycles. The lowest BCUT2D eigenvalue weighted by atomic mass is 10.1. The smallest absolute Gasteiger partial charge is 0.335 e. The maximum Gasteiger partial charge on any atom is 0.335 e. The molecule has 3 rings (SSSR count). The fourth-order valence-corrected chi connectivity index (χ4v) is 2.84. The third-order valence-corrected chi connectivity index (χ3v) is 4.47. The molecule has 1 N–H and O–H groups in total. The maximum atomic E-state index is 11.1. The first-order valence-electron chi connectivity index (χ1n) is 9.20. The lowest BCUT2D eigenvalue weighted by Crippen LogP contribution is -2.01. The van der Waals surface area contributed by atoms with Gasteiger partial charge in [0.15, 0.2) is 11.5 Å². The Morgan fingerprint density at radius 3 is 2.62 bits per heavy atom. The molecule has 0 aliphatic heterocycles. The lowest BCUT2D eigenvalue weighted by molar-refractivity contribution is 0.0696. The molecule has 0 aromatic heterocycles. The summed E-state index contributed by atoms with van der Waals surface area (Å²) < 4.78 is 11.3. The van der Waals surface area contributed by atoms with Crippen molar-refractivity contribution in [3.05, 3.63) is 88.5 Å². The van der Waals surface area contributed by atoms with Gasteiger partial charge in [-0.1, -0.05) is 24.3 Å². The zero-order chi connectivity index (χ0) is 20.8. The molecule has 5 nitrogen and oxygen atoms in total. The summed E-state index contributed by atoms with van der Waals surface area (Å²) in [5.74, 6) is 0.207. The van der Waals surface area contributed by atoms with Gasteiger partial charge in [0.05, 0.1) is 18.4 Å². The van der Waals surface area contributed by atoms with Crippen LogP contribution in [0.4, 0.5) is 5.69 Å². The topological polar surface area (TPSA) is 68.1 Å². The van der Waals surface area contributed by atoms with Gasteiger partial charge in [-0.3, -0.25) is 4.99 Å². The van der Waals surface area contributed by atoms with Crippen LogP contribution in [0.15, 0.2) is 65.7 Å². The molecule has 0 unspecified atom stereocenters. The number of nitrogens with zero attached hydrogens (tertiary/aromatic N) is 1. The van der Waals surface area contributed by atoms with Crippen LogP contribution in [-0.4, -0.2) is 24.4 Å². The molecule has 0 saturated heterocycles. The molecule has 0 aliphatic rings. The summed E-state index contributed by atoms with van der Waals surface area (Å²) >= 11 is 0.